The summed E-state index contributed by atoms with van der Waals surface area (Å²) in [5, 5.41) is 0. The Bertz CT molecular complexity index is 363. The van der Waals surface area contributed by atoms with Gasteiger partial charge in [0.05, 0.1) is 7.11 Å². The van der Waals surface area contributed by atoms with Crippen LogP contribution in [0.25, 0.3) is 0 Å². The molecule has 0 unspecified atom stereocenters. The molecular formula is C11H14BrNO2. The summed E-state index contributed by atoms with van der Waals surface area (Å²) in [6.07, 6.45) is 0.457. The molecular weight excluding hydrogens is 258 g/mol. The van der Waals surface area contributed by atoms with Gasteiger partial charge in [0.25, 0.3) is 0 Å². The van der Waals surface area contributed by atoms with Crippen LogP contribution in [0.2, 0.25) is 0 Å². The Morgan fingerprint density at radius 2 is 2.27 bits per heavy atom. The van der Waals surface area contributed by atoms with Crippen molar-refractivity contribution in [2.75, 3.05) is 7.11 Å². The first-order valence-electron chi connectivity index (χ1n) is 4.57. The van der Waals surface area contributed by atoms with Gasteiger partial charge < -0.3 is 10.5 Å². The molecule has 1 aromatic carbocycles. The SMILES string of the molecule is COC(=O)[C@@](C)(N)Cc1cccc(Br)c1. The van der Waals surface area contributed by atoms with Crippen molar-refractivity contribution in [3.05, 3.63) is 34.3 Å². The summed E-state index contributed by atoms with van der Waals surface area (Å²) in [6, 6.07) is 7.70. The van der Waals surface area contributed by atoms with Crippen molar-refractivity contribution in [3.8, 4) is 0 Å². The molecule has 0 aliphatic rings. The number of nitrogens with two attached hydrogens (primary N) is 1. The quantitative estimate of drug-likeness (QED) is 0.855. The van der Waals surface area contributed by atoms with E-state index in [0.29, 0.717) is 6.42 Å². The summed E-state index contributed by atoms with van der Waals surface area (Å²) in [6.45, 7) is 1.67. The fourth-order valence-corrected chi connectivity index (χ4v) is 1.82. The van der Waals surface area contributed by atoms with Crippen LogP contribution < -0.4 is 5.73 Å². The van der Waals surface area contributed by atoms with Crippen molar-refractivity contribution >= 4 is 21.9 Å². The van der Waals surface area contributed by atoms with Crippen LogP contribution in [0.15, 0.2) is 28.7 Å². The van der Waals surface area contributed by atoms with Crippen LogP contribution in [0.5, 0.6) is 0 Å². The standard InChI is InChI=1S/C11H14BrNO2/c1-11(13,10(14)15-2)7-8-4-3-5-9(12)6-8/h3-6H,7,13H2,1-2H3/t11-/m0/s1. The summed E-state index contributed by atoms with van der Waals surface area (Å²) >= 11 is 3.37. The monoisotopic (exact) mass is 271 g/mol. The summed E-state index contributed by atoms with van der Waals surface area (Å²) < 4.78 is 5.61. The molecule has 0 saturated heterocycles. The number of methoxy groups -OCH3 is 1. The summed E-state index contributed by atoms with van der Waals surface area (Å²) in [7, 11) is 1.34. The van der Waals surface area contributed by atoms with Gasteiger partial charge in [-0.25, -0.2) is 0 Å². The Morgan fingerprint density at radius 1 is 1.60 bits per heavy atom. The van der Waals surface area contributed by atoms with Crippen LogP contribution in [0.4, 0.5) is 0 Å². The minimum atomic E-state index is -0.977. The zero-order chi connectivity index (χ0) is 11.5. The number of carbonyl (C=O) groups excluding carboxylic acids is 1. The van der Waals surface area contributed by atoms with Gasteiger partial charge in [-0.2, -0.15) is 0 Å². The van der Waals surface area contributed by atoms with Crippen LogP contribution in [-0.2, 0) is 16.0 Å². The van der Waals surface area contributed by atoms with Crippen molar-refractivity contribution in [1.29, 1.82) is 0 Å². The van der Waals surface area contributed by atoms with E-state index in [9.17, 15) is 4.79 Å². The van der Waals surface area contributed by atoms with Crippen molar-refractivity contribution in [2.24, 2.45) is 5.73 Å². The highest BCUT2D eigenvalue weighted by atomic mass is 79.9. The largest absolute Gasteiger partial charge is 0.468 e. The summed E-state index contributed by atoms with van der Waals surface area (Å²) in [5.41, 5.74) is 5.89. The predicted octanol–water partition coefficient (Wildman–Crippen LogP) is 1.88. The molecule has 0 amide bonds. The van der Waals surface area contributed by atoms with Crippen molar-refractivity contribution in [2.45, 2.75) is 18.9 Å². The van der Waals surface area contributed by atoms with Gasteiger partial charge in [0.15, 0.2) is 0 Å². The zero-order valence-electron chi connectivity index (χ0n) is 8.79. The molecule has 2 N–H and O–H groups in total. The molecule has 82 valence electrons. The minimum Gasteiger partial charge on any atom is -0.468 e. The Kier molecular flexibility index (Phi) is 3.88. The number of rotatable bonds is 3. The van der Waals surface area contributed by atoms with Crippen LogP contribution in [0.1, 0.15) is 12.5 Å². The Labute approximate surface area is 97.7 Å². The fourth-order valence-electron chi connectivity index (χ4n) is 1.38. The molecule has 0 spiro atoms. The number of hydrogen-bond acceptors (Lipinski definition) is 3. The Balaban J connectivity index is 2.81. The second-order valence-corrected chi connectivity index (χ2v) is 4.63. The third-order valence-corrected chi connectivity index (χ3v) is 2.61. The van der Waals surface area contributed by atoms with E-state index in [1.807, 2.05) is 24.3 Å². The van der Waals surface area contributed by atoms with E-state index in [1.165, 1.54) is 7.11 Å². The smallest absolute Gasteiger partial charge is 0.325 e. The first-order chi connectivity index (χ1) is 6.95. The zero-order valence-corrected chi connectivity index (χ0v) is 10.4. The molecule has 4 heteroatoms. The van der Waals surface area contributed by atoms with Gasteiger partial charge in [0, 0.05) is 10.9 Å². The maximum Gasteiger partial charge on any atom is 0.325 e. The lowest BCUT2D eigenvalue weighted by molar-refractivity contribution is -0.146. The average molecular weight is 272 g/mol. The molecule has 0 aliphatic carbocycles. The lowest BCUT2D eigenvalue weighted by atomic mass is 9.94. The first kappa shape index (κ1) is 12.2. The molecule has 0 aliphatic heterocycles. The molecule has 0 saturated carbocycles. The van der Waals surface area contributed by atoms with E-state index in [1.54, 1.807) is 6.92 Å². The molecule has 0 bridgehead atoms. The van der Waals surface area contributed by atoms with Crippen LogP contribution in [-0.4, -0.2) is 18.6 Å². The van der Waals surface area contributed by atoms with Crippen LogP contribution in [0.3, 0.4) is 0 Å². The normalized spacial score (nSPS) is 14.4. The lowest BCUT2D eigenvalue weighted by Gasteiger charge is -2.21. The molecule has 3 nitrogen and oxygen atoms in total. The second-order valence-electron chi connectivity index (χ2n) is 3.72. The molecule has 0 fully saturated rings. The fraction of sp³-hybridized carbons (Fsp3) is 0.364. The average Bonchev–Trinajstić information content (AvgIpc) is 2.15. The highest BCUT2D eigenvalue weighted by Crippen LogP contribution is 2.16. The number of hydrogen-bond donors (Lipinski definition) is 1. The molecule has 1 rings (SSSR count). The number of benzene rings is 1. The van der Waals surface area contributed by atoms with Gasteiger partial charge in [-0.1, -0.05) is 28.1 Å². The summed E-state index contributed by atoms with van der Waals surface area (Å²) in [5.74, 6) is -0.400. The van der Waals surface area contributed by atoms with E-state index in [4.69, 9.17) is 5.73 Å². The van der Waals surface area contributed by atoms with Crippen molar-refractivity contribution in [3.63, 3.8) is 0 Å². The number of carbonyl (C=O) groups is 1. The third-order valence-electron chi connectivity index (χ3n) is 2.11. The van der Waals surface area contributed by atoms with E-state index in [-0.39, 0.29) is 0 Å². The van der Waals surface area contributed by atoms with Gasteiger partial charge in [-0.05, 0) is 24.6 Å². The lowest BCUT2D eigenvalue weighted by Crippen LogP contribution is -2.47. The van der Waals surface area contributed by atoms with Crippen molar-refractivity contribution in [1.82, 2.24) is 0 Å². The Hall–Kier alpha value is -0.870. The maximum atomic E-state index is 11.4. The van der Waals surface area contributed by atoms with E-state index >= 15 is 0 Å². The van der Waals surface area contributed by atoms with Crippen LogP contribution >= 0.6 is 15.9 Å². The predicted molar refractivity (Wildman–Crippen MR) is 62.5 cm³/mol. The highest BCUT2D eigenvalue weighted by molar-refractivity contribution is 9.10. The van der Waals surface area contributed by atoms with E-state index in [2.05, 4.69) is 20.7 Å². The maximum absolute atomic E-state index is 11.4. The molecule has 1 atom stereocenters. The number of esters is 1. The number of ether oxygens (including phenoxy) is 1. The van der Waals surface area contributed by atoms with Gasteiger partial charge in [-0.15, -0.1) is 0 Å². The van der Waals surface area contributed by atoms with Gasteiger partial charge >= 0.3 is 5.97 Å². The van der Waals surface area contributed by atoms with Gasteiger partial charge in [-0.3, -0.25) is 4.79 Å². The molecule has 1 aromatic rings. The number of halogens is 1. The summed E-state index contributed by atoms with van der Waals surface area (Å²) in [4.78, 5) is 11.4. The van der Waals surface area contributed by atoms with Gasteiger partial charge in [0.2, 0.25) is 0 Å². The molecule has 15 heavy (non-hydrogen) atoms. The highest BCUT2D eigenvalue weighted by Gasteiger charge is 2.29. The Morgan fingerprint density at radius 3 is 2.80 bits per heavy atom. The van der Waals surface area contributed by atoms with Crippen LogP contribution in [0, 0.1) is 0 Å². The van der Waals surface area contributed by atoms with Crippen molar-refractivity contribution < 1.29 is 9.53 Å². The van der Waals surface area contributed by atoms with E-state index < -0.39 is 11.5 Å². The molecule has 0 radical (unpaired) electrons. The third kappa shape index (κ3) is 3.32. The van der Waals surface area contributed by atoms with E-state index in [0.717, 1.165) is 10.0 Å². The molecule has 0 heterocycles. The first-order valence-corrected chi connectivity index (χ1v) is 5.37. The second kappa shape index (κ2) is 4.77. The molecule has 0 aromatic heterocycles. The topological polar surface area (TPSA) is 52.3 Å². The minimum absolute atomic E-state index is 0.400. The van der Waals surface area contributed by atoms with Gasteiger partial charge in [0.1, 0.15) is 5.54 Å².